The first-order chi connectivity index (χ1) is 15.1. The molecule has 0 bridgehead atoms. The fourth-order valence-electron chi connectivity index (χ4n) is 3.89. The summed E-state index contributed by atoms with van der Waals surface area (Å²) in [5.41, 5.74) is 2.07. The average Bonchev–Trinajstić information content (AvgIpc) is 2.80. The van der Waals surface area contributed by atoms with Gasteiger partial charge in [0, 0.05) is 36.6 Å². The highest BCUT2D eigenvalue weighted by atomic mass is 35.5. The number of para-hydroxylation sites is 1. The molecule has 0 saturated carbocycles. The zero-order valence-electron chi connectivity index (χ0n) is 17.3. The molecule has 1 fully saturated rings. The molecule has 2 aromatic carbocycles. The Kier molecular flexibility index (Phi) is 6.49. The molecule has 0 radical (unpaired) electrons. The van der Waals surface area contributed by atoms with Crippen molar-refractivity contribution in [3.63, 3.8) is 0 Å². The van der Waals surface area contributed by atoms with E-state index < -0.39 is 6.04 Å². The van der Waals surface area contributed by atoms with E-state index in [2.05, 4.69) is 9.88 Å². The quantitative estimate of drug-likeness (QED) is 0.565. The Morgan fingerprint density at radius 1 is 1.00 bits per heavy atom. The lowest BCUT2D eigenvalue weighted by Gasteiger charge is -2.38. The molecule has 1 atom stereocenters. The highest BCUT2D eigenvalue weighted by Crippen LogP contribution is 2.26. The normalized spacial score (nSPS) is 15.6. The van der Waals surface area contributed by atoms with E-state index in [-0.39, 0.29) is 11.9 Å². The van der Waals surface area contributed by atoms with Gasteiger partial charge in [0.15, 0.2) is 0 Å². The Morgan fingerprint density at radius 2 is 1.71 bits per heavy atom. The van der Waals surface area contributed by atoms with Crippen LogP contribution in [0.15, 0.2) is 60.7 Å². The SMILES string of the molecule is CCOC(=O)[C@@H](c1ccc(Cl)cc1)N1CCN(C(=O)c2ccc3ccccc3n2)CC1. The van der Waals surface area contributed by atoms with E-state index in [1.165, 1.54) is 0 Å². The Labute approximate surface area is 186 Å². The van der Waals surface area contributed by atoms with Gasteiger partial charge in [0.05, 0.1) is 12.1 Å². The standard InChI is InChI=1S/C24H24ClN3O3/c1-2-31-24(30)22(18-7-10-19(25)11-8-18)27-13-15-28(16-14-27)23(29)21-12-9-17-5-3-4-6-20(17)26-21/h3-12,22H,2,13-16H2,1H3/t22-/m1/s1. The molecule has 2 heterocycles. The summed E-state index contributed by atoms with van der Waals surface area (Å²) in [6.07, 6.45) is 0. The third-order valence-corrected chi connectivity index (χ3v) is 5.73. The first kappa shape index (κ1) is 21.3. The highest BCUT2D eigenvalue weighted by Gasteiger charge is 2.33. The summed E-state index contributed by atoms with van der Waals surface area (Å²) in [7, 11) is 0. The number of amides is 1. The van der Waals surface area contributed by atoms with Crippen LogP contribution in [0.25, 0.3) is 10.9 Å². The van der Waals surface area contributed by atoms with Gasteiger partial charge in [-0.3, -0.25) is 9.69 Å². The maximum atomic E-state index is 13.0. The van der Waals surface area contributed by atoms with Gasteiger partial charge >= 0.3 is 5.97 Å². The van der Waals surface area contributed by atoms with Crippen molar-refractivity contribution in [2.45, 2.75) is 13.0 Å². The van der Waals surface area contributed by atoms with Crippen LogP contribution in [0.2, 0.25) is 5.02 Å². The van der Waals surface area contributed by atoms with Crippen LogP contribution in [0, 0.1) is 0 Å². The van der Waals surface area contributed by atoms with E-state index in [1.54, 1.807) is 30.0 Å². The van der Waals surface area contributed by atoms with Crippen LogP contribution in [0.4, 0.5) is 0 Å². The van der Waals surface area contributed by atoms with Gasteiger partial charge in [-0.05, 0) is 36.8 Å². The van der Waals surface area contributed by atoms with Crippen LogP contribution >= 0.6 is 11.6 Å². The topological polar surface area (TPSA) is 62.7 Å². The third kappa shape index (κ3) is 4.70. The lowest BCUT2D eigenvalue weighted by atomic mass is 10.0. The smallest absolute Gasteiger partial charge is 0.328 e. The molecule has 1 aromatic heterocycles. The van der Waals surface area contributed by atoms with Crippen molar-refractivity contribution in [2.75, 3.05) is 32.8 Å². The van der Waals surface area contributed by atoms with Gasteiger partial charge in [-0.15, -0.1) is 0 Å². The van der Waals surface area contributed by atoms with Gasteiger partial charge < -0.3 is 9.64 Å². The molecule has 3 aromatic rings. The van der Waals surface area contributed by atoms with Gasteiger partial charge in [-0.25, -0.2) is 9.78 Å². The molecule has 0 N–H and O–H groups in total. The summed E-state index contributed by atoms with van der Waals surface area (Å²) < 4.78 is 5.32. The second-order valence-electron chi connectivity index (χ2n) is 7.42. The summed E-state index contributed by atoms with van der Waals surface area (Å²) >= 11 is 6.01. The van der Waals surface area contributed by atoms with Crippen LogP contribution in [0.1, 0.15) is 29.0 Å². The minimum Gasteiger partial charge on any atom is -0.465 e. The number of esters is 1. The number of pyridine rings is 1. The van der Waals surface area contributed by atoms with Crippen molar-refractivity contribution in [3.8, 4) is 0 Å². The van der Waals surface area contributed by atoms with E-state index in [1.807, 2.05) is 42.5 Å². The molecule has 6 nitrogen and oxygen atoms in total. The lowest BCUT2D eigenvalue weighted by Crippen LogP contribution is -2.51. The Morgan fingerprint density at radius 3 is 2.42 bits per heavy atom. The third-order valence-electron chi connectivity index (χ3n) is 5.48. The maximum absolute atomic E-state index is 13.0. The van der Waals surface area contributed by atoms with Gasteiger partial charge in [0.1, 0.15) is 11.7 Å². The molecule has 0 spiro atoms. The van der Waals surface area contributed by atoms with Crippen LogP contribution in [0.5, 0.6) is 0 Å². The summed E-state index contributed by atoms with van der Waals surface area (Å²) in [6.45, 7) is 4.25. The van der Waals surface area contributed by atoms with E-state index in [9.17, 15) is 9.59 Å². The highest BCUT2D eigenvalue weighted by molar-refractivity contribution is 6.30. The number of fused-ring (bicyclic) bond motifs is 1. The van der Waals surface area contributed by atoms with E-state index >= 15 is 0 Å². The van der Waals surface area contributed by atoms with Crippen molar-refractivity contribution in [1.82, 2.24) is 14.8 Å². The Balaban J connectivity index is 1.48. The summed E-state index contributed by atoms with van der Waals surface area (Å²) in [6, 6.07) is 18.1. The monoisotopic (exact) mass is 437 g/mol. The Hall–Kier alpha value is -2.96. The predicted octanol–water partition coefficient (Wildman–Crippen LogP) is 3.95. The molecule has 31 heavy (non-hydrogen) atoms. The number of benzene rings is 2. The van der Waals surface area contributed by atoms with Crippen LogP contribution in [0.3, 0.4) is 0 Å². The fourth-order valence-corrected chi connectivity index (χ4v) is 4.02. The number of aromatic nitrogens is 1. The number of carbonyl (C=O) groups excluding carboxylic acids is 2. The van der Waals surface area contributed by atoms with Gasteiger partial charge in [0.25, 0.3) is 5.91 Å². The first-order valence-electron chi connectivity index (χ1n) is 10.4. The molecule has 4 rings (SSSR count). The lowest BCUT2D eigenvalue weighted by molar-refractivity contribution is -0.150. The van der Waals surface area contributed by atoms with E-state index in [0.29, 0.717) is 43.5 Å². The average molecular weight is 438 g/mol. The van der Waals surface area contributed by atoms with Crippen LogP contribution in [-0.4, -0.2) is 59.4 Å². The fraction of sp³-hybridized carbons (Fsp3) is 0.292. The zero-order chi connectivity index (χ0) is 21.8. The molecule has 160 valence electrons. The van der Waals surface area contributed by atoms with Gasteiger partial charge in [-0.1, -0.05) is 48.0 Å². The van der Waals surface area contributed by atoms with Crippen molar-refractivity contribution in [2.24, 2.45) is 0 Å². The number of ether oxygens (including phenoxy) is 1. The second-order valence-corrected chi connectivity index (χ2v) is 7.86. The van der Waals surface area contributed by atoms with Crippen molar-refractivity contribution in [3.05, 3.63) is 76.9 Å². The number of hydrogen-bond donors (Lipinski definition) is 0. The minimum absolute atomic E-state index is 0.0930. The van der Waals surface area contributed by atoms with Crippen molar-refractivity contribution >= 4 is 34.4 Å². The number of halogens is 1. The number of hydrogen-bond acceptors (Lipinski definition) is 5. The minimum atomic E-state index is -0.520. The molecular weight excluding hydrogens is 414 g/mol. The van der Waals surface area contributed by atoms with E-state index in [0.717, 1.165) is 16.5 Å². The van der Waals surface area contributed by atoms with Crippen molar-refractivity contribution < 1.29 is 14.3 Å². The van der Waals surface area contributed by atoms with Crippen molar-refractivity contribution in [1.29, 1.82) is 0 Å². The second kappa shape index (κ2) is 9.45. The molecule has 7 heteroatoms. The number of rotatable bonds is 5. The van der Waals surface area contributed by atoms with Crippen LogP contribution in [-0.2, 0) is 9.53 Å². The number of nitrogens with zero attached hydrogens (tertiary/aromatic N) is 3. The summed E-state index contributed by atoms with van der Waals surface area (Å²) in [4.78, 5) is 34.1. The maximum Gasteiger partial charge on any atom is 0.328 e. The van der Waals surface area contributed by atoms with Gasteiger partial charge in [0.2, 0.25) is 0 Å². The summed E-state index contributed by atoms with van der Waals surface area (Å²) in [5, 5.41) is 1.62. The Bertz CT molecular complexity index is 1080. The number of piperazine rings is 1. The molecule has 1 aliphatic heterocycles. The van der Waals surface area contributed by atoms with Gasteiger partial charge in [-0.2, -0.15) is 0 Å². The first-order valence-corrected chi connectivity index (χ1v) is 10.8. The molecule has 1 saturated heterocycles. The summed E-state index contributed by atoms with van der Waals surface area (Å²) in [5.74, 6) is -0.384. The molecule has 0 unspecified atom stereocenters. The largest absolute Gasteiger partial charge is 0.465 e. The molecule has 1 aliphatic rings. The van der Waals surface area contributed by atoms with E-state index in [4.69, 9.17) is 16.3 Å². The zero-order valence-corrected chi connectivity index (χ0v) is 18.1. The molecule has 0 aliphatic carbocycles. The molecular formula is C24H24ClN3O3. The van der Waals surface area contributed by atoms with Crippen LogP contribution < -0.4 is 0 Å². The molecule has 1 amide bonds. The number of carbonyl (C=O) groups is 2. The predicted molar refractivity (Wildman–Crippen MR) is 120 cm³/mol.